The Bertz CT molecular complexity index is 1450. The van der Waals surface area contributed by atoms with Crippen molar-refractivity contribution in [3.8, 4) is 11.5 Å². The maximum Gasteiger partial charge on any atom is 0.264 e. The molecule has 0 aliphatic carbocycles. The second kappa shape index (κ2) is 16.2. The number of methoxy groups -OCH3 is 1. The fourth-order valence-electron chi connectivity index (χ4n) is 4.54. The predicted octanol–water partition coefficient (Wildman–Crippen LogP) is 5.34. The molecular weight excluding hydrogens is 587 g/mol. The lowest BCUT2D eigenvalue weighted by Crippen LogP contribution is -2.52. The maximum absolute atomic E-state index is 14.3. The van der Waals surface area contributed by atoms with E-state index in [1.54, 1.807) is 62.6 Å². The van der Waals surface area contributed by atoms with Crippen molar-refractivity contribution in [3.05, 3.63) is 78.4 Å². The van der Waals surface area contributed by atoms with Gasteiger partial charge in [0.05, 0.1) is 24.3 Å². The van der Waals surface area contributed by atoms with Crippen molar-refractivity contribution in [1.82, 2.24) is 10.2 Å². The lowest BCUT2D eigenvalue weighted by atomic mass is 10.1. The van der Waals surface area contributed by atoms with Gasteiger partial charge >= 0.3 is 0 Å². The molecule has 0 aliphatic rings. The van der Waals surface area contributed by atoms with Gasteiger partial charge in [0, 0.05) is 18.0 Å². The summed E-state index contributed by atoms with van der Waals surface area (Å²) in [4.78, 5) is 29.9. The number of hydrogen-bond acceptors (Lipinski definition) is 7. The number of carbonyl (C=O) groups excluding carboxylic acids is 2. The zero-order valence-corrected chi connectivity index (χ0v) is 27.0. The topological polar surface area (TPSA) is 105 Å². The van der Waals surface area contributed by atoms with Crippen LogP contribution in [0.3, 0.4) is 0 Å². The highest BCUT2D eigenvalue weighted by Crippen LogP contribution is 2.33. The Morgan fingerprint density at radius 1 is 0.953 bits per heavy atom. The third-order valence-electron chi connectivity index (χ3n) is 6.81. The second-order valence-corrected chi connectivity index (χ2v) is 12.4. The van der Waals surface area contributed by atoms with Crippen molar-refractivity contribution in [2.75, 3.05) is 37.4 Å². The standard InChI is InChI=1S/C32H41N3O6S2/c1-6-21-33-32(37)28(7-2)34(22-24-13-15-25(40-4)16-14-24)31(36)23-35(29-11-9-10-12-30(29)41-8-3)43(38,39)27-19-17-26(42-5)18-20-27/h9-20,28H,6-8,21-23H2,1-5H3,(H,33,37)/t28-/m1/s1. The first kappa shape index (κ1) is 33.8. The van der Waals surface area contributed by atoms with Crippen LogP contribution in [0.1, 0.15) is 39.2 Å². The number of benzene rings is 3. The summed E-state index contributed by atoms with van der Waals surface area (Å²) in [5, 5.41) is 2.89. The Hall–Kier alpha value is -3.70. The third-order valence-corrected chi connectivity index (χ3v) is 9.32. The third kappa shape index (κ3) is 8.67. The minimum absolute atomic E-state index is 0.0406. The van der Waals surface area contributed by atoms with Gasteiger partial charge in [-0.25, -0.2) is 8.42 Å². The molecule has 0 saturated heterocycles. The van der Waals surface area contributed by atoms with Gasteiger partial charge in [0.2, 0.25) is 11.8 Å². The van der Waals surface area contributed by atoms with Gasteiger partial charge in [-0.05, 0) is 80.1 Å². The summed E-state index contributed by atoms with van der Waals surface area (Å²) in [5.41, 5.74) is 1.01. The number of ether oxygens (including phenoxy) is 2. The monoisotopic (exact) mass is 627 g/mol. The van der Waals surface area contributed by atoms with E-state index in [9.17, 15) is 18.0 Å². The molecule has 9 nitrogen and oxygen atoms in total. The summed E-state index contributed by atoms with van der Waals surface area (Å²) in [6, 6.07) is 19.6. The molecule has 0 aliphatic heterocycles. The van der Waals surface area contributed by atoms with Crippen LogP contribution in [0.4, 0.5) is 5.69 Å². The molecule has 1 N–H and O–H groups in total. The smallest absolute Gasteiger partial charge is 0.264 e. The molecule has 0 fully saturated rings. The summed E-state index contributed by atoms with van der Waals surface area (Å²) in [5.74, 6) is 0.177. The van der Waals surface area contributed by atoms with Crippen LogP contribution in [0, 0.1) is 0 Å². The van der Waals surface area contributed by atoms with Crippen molar-refractivity contribution >= 4 is 39.3 Å². The normalized spacial score (nSPS) is 11.8. The van der Waals surface area contributed by atoms with E-state index in [2.05, 4.69) is 5.32 Å². The molecule has 0 unspecified atom stereocenters. The van der Waals surface area contributed by atoms with E-state index in [1.807, 2.05) is 32.2 Å². The maximum atomic E-state index is 14.3. The van der Waals surface area contributed by atoms with Crippen molar-refractivity contribution in [2.45, 2.75) is 56.0 Å². The summed E-state index contributed by atoms with van der Waals surface area (Å²) >= 11 is 1.50. The number of rotatable bonds is 16. The van der Waals surface area contributed by atoms with E-state index in [1.165, 1.54) is 28.8 Å². The second-order valence-electron chi connectivity index (χ2n) is 9.67. The number of carbonyl (C=O) groups is 2. The number of sulfonamides is 1. The van der Waals surface area contributed by atoms with Crippen LogP contribution in [0.5, 0.6) is 11.5 Å². The van der Waals surface area contributed by atoms with Crippen molar-refractivity contribution in [1.29, 1.82) is 0 Å². The van der Waals surface area contributed by atoms with Crippen molar-refractivity contribution in [3.63, 3.8) is 0 Å². The van der Waals surface area contributed by atoms with Crippen molar-refractivity contribution < 1.29 is 27.5 Å². The quantitative estimate of drug-likeness (QED) is 0.214. The molecule has 11 heteroatoms. The number of thioether (sulfide) groups is 1. The first-order valence-electron chi connectivity index (χ1n) is 14.3. The minimum Gasteiger partial charge on any atom is -0.497 e. The molecule has 3 aromatic rings. The molecule has 0 bridgehead atoms. The summed E-state index contributed by atoms with van der Waals surface area (Å²) < 4.78 is 40.5. The highest BCUT2D eigenvalue weighted by Gasteiger charge is 2.34. The zero-order chi connectivity index (χ0) is 31.4. The number of amides is 2. The van der Waals surface area contributed by atoms with E-state index >= 15 is 0 Å². The lowest BCUT2D eigenvalue weighted by molar-refractivity contribution is -0.140. The average molecular weight is 628 g/mol. The number of para-hydroxylation sites is 2. The zero-order valence-electron chi connectivity index (χ0n) is 25.4. The molecule has 232 valence electrons. The molecule has 0 saturated carbocycles. The van der Waals surface area contributed by atoms with Crippen LogP contribution in [0.2, 0.25) is 0 Å². The summed E-state index contributed by atoms with van der Waals surface area (Å²) in [7, 11) is -2.65. The lowest BCUT2D eigenvalue weighted by Gasteiger charge is -2.33. The van der Waals surface area contributed by atoms with Gasteiger partial charge in [-0.1, -0.05) is 38.1 Å². The van der Waals surface area contributed by atoms with Gasteiger partial charge in [0.1, 0.15) is 24.1 Å². The predicted molar refractivity (Wildman–Crippen MR) is 171 cm³/mol. The Balaban J connectivity index is 2.10. The van der Waals surface area contributed by atoms with E-state index in [4.69, 9.17) is 9.47 Å². The van der Waals surface area contributed by atoms with Gasteiger partial charge in [0.15, 0.2) is 0 Å². The highest BCUT2D eigenvalue weighted by atomic mass is 32.2. The largest absolute Gasteiger partial charge is 0.497 e. The van der Waals surface area contributed by atoms with Crippen LogP contribution in [0.15, 0.2) is 82.6 Å². The summed E-state index contributed by atoms with van der Waals surface area (Å²) in [6.45, 7) is 5.92. The first-order chi connectivity index (χ1) is 20.7. The average Bonchev–Trinajstić information content (AvgIpc) is 3.03. The van der Waals surface area contributed by atoms with E-state index < -0.39 is 28.5 Å². The van der Waals surface area contributed by atoms with E-state index in [0.29, 0.717) is 31.1 Å². The van der Waals surface area contributed by atoms with Gasteiger partial charge in [-0.3, -0.25) is 13.9 Å². The molecule has 0 aromatic heterocycles. The van der Waals surface area contributed by atoms with Crippen LogP contribution >= 0.6 is 11.8 Å². The SMILES string of the molecule is CCCNC(=O)[C@@H](CC)N(Cc1ccc(OC)cc1)C(=O)CN(c1ccccc1OCC)S(=O)(=O)c1ccc(SC)cc1. The number of nitrogens with zero attached hydrogens (tertiary/aromatic N) is 2. The Labute approximate surface area is 259 Å². The molecule has 3 aromatic carbocycles. The van der Waals surface area contributed by atoms with Gasteiger partial charge in [0.25, 0.3) is 10.0 Å². The number of anilines is 1. The molecule has 2 amide bonds. The van der Waals surface area contributed by atoms with E-state index in [-0.39, 0.29) is 23.0 Å². The Morgan fingerprint density at radius 3 is 2.21 bits per heavy atom. The summed E-state index contributed by atoms with van der Waals surface area (Å²) in [6.07, 6.45) is 2.99. The number of nitrogens with one attached hydrogen (secondary N) is 1. The molecule has 0 heterocycles. The fraction of sp³-hybridized carbons (Fsp3) is 0.375. The molecular formula is C32H41N3O6S2. The highest BCUT2D eigenvalue weighted by molar-refractivity contribution is 7.98. The molecule has 1 atom stereocenters. The van der Waals surface area contributed by atoms with Gasteiger partial charge < -0.3 is 19.7 Å². The molecule has 3 rings (SSSR count). The van der Waals surface area contributed by atoms with Crippen LogP contribution in [-0.2, 0) is 26.2 Å². The fourth-order valence-corrected chi connectivity index (χ4v) is 6.38. The Kier molecular flexibility index (Phi) is 12.8. The van der Waals surface area contributed by atoms with Gasteiger partial charge in [-0.15, -0.1) is 11.8 Å². The first-order valence-corrected chi connectivity index (χ1v) is 16.9. The molecule has 43 heavy (non-hydrogen) atoms. The van der Waals surface area contributed by atoms with E-state index in [0.717, 1.165) is 21.2 Å². The molecule has 0 radical (unpaired) electrons. The number of hydrogen-bond donors (Lipinski definition) is 1. The van der Waals surface area contributed by atoms with Gasteiger partial charge in [-0.2, -0.15) is 0 Å². The minimum atomic E-state index is -4.22. The van der Waals surface area contributed by atoms with Crippen LogP contribution < -0.4 is 19.1 Å². The Morgan fingerprint density at radius 2 is 1.63 bits per heavy atom. The molecule has 0 spiro atoms. The van der Waals surface area contributed by atoms with Crippen LogP contribution in [-0.4, -0.2) is 64.2 Å². The van der Waals surface area contributed by atoms with Crippen molar-refractivity contribution in [2.24, 2.45) is 0 Å². The van der Waals surface area contributed by atoms with Crippen LogP contribution in [0.25, 0.3) is 0 Å².